The van der Waals surface area contributed by atoms with Crippen LogP contribution in [0.15, 0.2) is 59.0 Å². The molecule has 0 bridgehead atoms. The minimum atomic E-state index is 0.506. The maximum Gasteiger partial charge on any atom is 0.229 e. The number of nitrogens with one attached hydrogen (secondary N) is 2. The van der Waals surface area contributed by atoms with E-state index in [-0.39, 0.29) is 0 Å². The van der Waals surface area contributed by atoms with E-state index >= 15 is 0 Å². The van der Waals surface area contributed by atoms with Crippen molar-refractivity contribution in [2.45, 2.75) is 20.4 Å². The molecule has 2 heterocycles. The van der Waals surface area contributed by atoms with E-state index in [0.29, 0.717) is 17.5 Å². The van der Waals surface area contributed by atoms with Gasteiger partial charge >= 0.3 is 0 Å². The van der Waals surface area contributed by atoms with Crippen molar-refractivity contribution in [2.24, 2.45) is 0 Å². The fraction of sp³-hybridized carbons (Fsp3) is 0.143. The summed E-state index contributed by atoms with van der Waals surface area (Å²) in [5.41, 5.74) is 2.72. The lowest BCUT2D eigenvalue weighted by Gasteiger charge is -2.12. The third-order valence-electron chi connectivity index (χ3n) is 4.26. The average Bonchev–Trinajstić information content (AvgIpc) is 3.08. The predicted octanol–water partition coefficient (Wildman–Crippen LogP) is 5.85. The number of hydrogen-bond acceptors (Lipinski definition) is 5. The van der Waals surface area contributed by atoms with Crippen LogP contribution in [0.3, 0.4) is 0 Å². The Morgan fingerprint density at radius 2 is 1.85 bits per heavy atom. The summed E-state index contributed by atoms with van der Waals surface area (Å²) in [6.45, 7) is 4.44. The maximum atomic E-state index is 6.22. The van der Waals surface area contributed by atoms with Gasteiger partial charge in [-0.25, -0.2) is 4.98 Å². The number of fused-ring (bicyclic) bond motifs is 1. The van der Waals surface area contributed by atoms with Crippen molar-refractivity contribution in [1.82, 2.24) is 9.97 Å². The highest BCUT2D eigenvalue weighted by molar-refractivity contribution is 6.31. The normalized spacial score (nSPS) is 10.9. The van der Waals surface area contributed by atoms with Crippen LogP contribution >= 0.6 is 11.6 Å². The first-order valence-corrected chi connectivity index (χ1v) is 9.05. The molecule has 0 fully saturated rings. The first-order valence-electron chi connectivity index (χ1n) is 8.67. The molecule has 5 nitrogen and oxygen atoms in total. The van der Waals surface area contributed by atoms with Gasteiger partial charge in [-0.15, -0.1) is 0 Å². The van der Waals surface area contributed by atoms with Crippen molar-refractivity contribution in [2.75, 3.05) is 10.6 Å². The number of aromatic nitrogens is 2. The molecule has 0 aliphatic carbocycles. The molecule has 136 valence electrons. The van der Waals surface area contributed by atoms with Crippen molar-refractivity contribution < 1.29 is 4.42 Å². The Balaban J connectivity index is 1.65. The second kappa shape index (κ2) is 7.29. The molecule has 0 saturated heterocycles. The number of aryl methyl sites for hydroxylation is 2. The van der Waals surface area contributed by atoms with Crippen molar-refractivity contribution >= 4 is 40.0 Å². The van der Waals surface area contributed by atoms with E-state index in [1.165, 1.54) is 0 Å². The van der Waals surface area contributed by atoms with E-state index in [2.05, 4.69) is 20.6 Å². The van der Waals surface area contributed by atoms with Gasteiger partial charge in [-0.2, -0.15) is 4.98 Å². The highest BCUT2D eigenvalue weighted by atomic mass is 35.5. The molecule has 4 aromatic rings. The van der Waals surface area contributed by atoms with Crippen LogP contribution in [0, 0.1) is 13.8 Å². The van der Waals surface area contributed by atoms with Crippen LogP contribution in [0.25, 0.3) is 10.9 Å². The van der Waals surface area contributed by atoms with Gasteiger partial charge in [0.2, 0.25) is 5.95 Å². The number of para-hydroxylation sites is 1. The van der Waals surface area contributed by atoms with Gasteiger partial charge in [-0.05, 0) is 55.8 Å². The van der Waals surface area contributed by atoms with Gasteiger partial charge < -0.3 is 15.1 Å². The van der Waals surface area contributed by atoms with E-state index in [0.717, 1.165) is 39.5 Å². The smallest absolute Gasteiger partial charge is 0.229 e. The van der Waals surface area contributed by atoms with E-state index < -0.39 is 0 Å². The second-order valence-corrected chi connectivity index (χ2v) is 6.78. The minimum Gasteiger partial charge on any atom is -0.465 e. The van der Waals surface area contributed by atoms with Gasteiger partial charge in [0.05, 0.1) is 12.1 Å². The van der Waals surface area contributed by atoms with Gasteiger partial charge in [0, 0.05) is 16.1 Å². The molecule has 2 N–H and O–H groups in total. The van der Waals surface area contributed by atoms with Crippen LogP contribution in [0.5, 0.6) is 0 Å². The van der Waals surface area contributed by atoms with Gasteiger partial charge in [-0.3, -0.25) is 0 Å². The van der Waals surface area contributed by atoms with E-state index in [4.69, 9.17) is 16.0 Å². The number of anilines is 3. The van der Waals surface area contributed by atoms with Crippen molar-refractivity contribution in [1.29, 1.82) is 0 Å². The number of halogens is 1. The Kier molecular flexibility index (Phi) is 4.69. The summed E-state index contributed by atoms with van der Waals surface area (Å²) in [6.07, 6.45) is 0. The summed E-state index contributed by atoms with van der Waals surface area (Å²) in [7, 11) is 0. The zero-order chi connectivity index (χ0) is 18.8. The summed E-state index contributed by atoms with van der Waals surface area (Å²) >= 11 is 6.22. The van der Waals surface area contributed by atoms with Crippen molar-refractivity contribution in [3.8, 4) is 0 Å². The molecule has 0 amide bonds. The summed E-state index contributed by atoms with van der Waals surface area (Å²) in [5.74, 6) is 3.00. The molecule has 0 aliphatic heterocycles. The predicted molar refractivity (Wildman–Crippen MR) is 110 cm³/mol. The van der Waals surface area contributed by atoms with Gasteiger partial charge in [-0.1, -0.05) is 29.8 Å². The quantitative estimate of drug-likeness (QED) is 0.456. The Bertz CT molecular complexity index is 1110. The molecule has 2 aromatic carbocycles. The Morgan fingerprint density at radius 1 is 1.00 bits per heavy atom. The molecule has 4 rings (SSSR count). The lowest BCUT2D eigenvalue weighted by molar-refractivity contribution is 0.490. The van der Waals surface area contributed by atoms with Gasteiger partial charge in [0.25, 0.3) is 0 Å². The third-order valence-corrected chi connectivity index (χ3v) is 4.66. The summed E-state index contributed by atoms with van der Waals surface area (Å²) in [6, 6.07) is 17.6. The lowest BCUT2D eigenvalue weighted by Crippen LogP contribution is -2.05. The Morgan fingerprint density at radius 3 is 2.63 bits per heavy atom. The largest absolute Gasteiger partial charge is 0.465 e. The fourth-order valence-corrected chi connectivity index (χ4v) is 3.00. The van der Waals surface area contributed by atoms with E-state index in [1.807, 2.05) is 68.4 Å². The first-order chi connectivity index (χ1) is 13.1. The highest BCUT2D eigenvalue weighted by Crippen LogP contribution is 2.26. The number of hydrogen-bond donors (Lipinski definition) is 2. The number of furan rings is 1. The van der Waals surface area contributed by atoms with Crippen LogP contribution in [-0.2, 0) is 6.54 Å². The lowest BCUT2D eigenvalue weighted by atomic mass is 10.2. The van der Waals surface area contributed by atoms with Crippen LogP contribution < -0.4 is 10.6 Å². The van der Waals surface area contributed by atoms with Crippen LogP contribution in [0.4, 0.5) is 17.5 Å². The summed E-state index contributed by atoms with van der Waals surface area (Å²) in [5, 5.41) is 8.24. The molecule has 0 spiro atoms. The zero-order valence-electron chi connectivity index (χ0n) is 15.1. The van der Waals surface area contributed by atoms with Gasteiger partial charge in [0.1, 0.15) is 17.3 Å². The molecule has 0 unspecified atom stereocenters. The molecule has 0 radical (unpaired) electrons. The van der Waals surface area contributed by atoms with Crippen LogP contribution in [-0.4, -0.2) is 9.97 Å². The van der Waals surface area contributed by atoms with Crippen LogP contribution in [0.1, 0.15) is 17.1 Å². The van der Waals surface area contributed by atoms with E-state index in [9.17, 15) is 0 Å². The monoisotopic (exact) mass is 378 g/mol. The molecular weight excluding hydrogens is 360 g/mol. The van der Waals surface area contributed by atoms with Gasteiger partial charge in [0.15, 0.2) is 0 Å². The summed E-state index contributed by atoms with van der Waals surface area (Å²) in [4.78, 5) is 9.27. The SMILES string of the molecule is Cc1ccc(CNc2nc(Nc3ccc(C)c(Cl)c3)nc3ccccc23)o1. The molecule has 0 saturated carbocycles. The number of rotatable bonds is 5. The first kappa shape index (κ1) is 17.4. The van der Waals surface area contributed by atoms with E-state index in [1.54, 1.807) is 0 Å². The average molecular weight is 379 g/mol. The van der Waals surface area contributed by atoms with Crippen molar-refractivity contribution in [3.63, 3.8) is 0 Å². The Hall–Kier alpha value is -3.05. The molecule has 27 heavy (non-hydrogen) atoms. The topological polar surface area (TPSA) is 63.0 Å². The third kappa shape index (κ3) is 3.88. The number of benzene rings is 2. The van der Waals surface area contributed by atoms with Crippen molar-refractivity contribution in [3.05, 3.63) is 76.7 Å². The maximum absolute atomic E-state index is 6.22. The minimum absolute atomic E-state index is 0.506. The molecule has 0 aliphatic rings. The molecule has 2 aromatic heterocycles. The molecular formula is C21H19ClN4O. The zero-order valence-corrected chi connectivity index (χ0v) is 15.8. The second-order valence-electron chi connectivity index (χ2n) is 6.37. The molecule has 6 heteroatoms. The molecule has 0 atom stereocenters. The Labute approximate surface area is 162 Å². The number of nitrogens with zero attached hydrogens (tertiary/aromatic N) is 2. The fourth-order valence-electron chi connectivity index (χ4n) is 2.82. The van der Waals surface area contributed by atoms with Crippen LogP contribution in [0.2, 0.25) is 5.02 Å². The highest BCUT2D eigenvalue weighted by Gasteiger charge is 2.09. The standard InChI is InChI=1S/C21H19ClN4O/c1-13-7-9-15(11-18(13)22)24-21-25-19-6-4-3-5-17(19)20(26-21)23-12-16-10-8-14(2)27-16/h3-11H,12H2,1-2H3,(H2,23,24,25,26). The summed E-state index contributed by atoms with van der Waals surface area (Å²) < 4.78 is 5.63.